The molecular weight excluding hydrogens is 250 g/mol. The molecule has 0 aliphatic heterocycles. The standard InChI is InChI=1S/C9H10BrNO3/c1-3-14-8-5-4-7(10)6(2)9(8)11(12)13/h4-5H,3H2,1-2H3. The van der Waals surface area contributed by atoms with Gasteiger partial charge < -0.3 is 4.74 Å². The molecule has 5 heteroatoms. The van der Waals surface area contributed by atoms with E-state index in [1.54, 1.807) is 26.0 Å². The first-order chi connectivity index (χ1) is 6.57. The van der Waals surface area contributed by atoms with Gasteiger partial charge in [-0.25, -0.2) is 0 Å². The summed E-state index contributed by atoms with van der Waals surface area (Å²) >= 11 is 3.24. The van der Waals surface area contributed by atoms with Crippen LogP contribution in [0.1, 0.15) is 12.5 Å². The molecule has 0 unspecified atom stereocenters. The molecule has 0 aromatic heterocycles. The minimum absolute atomic E-state index is 0.0289. The summed E-state index contributed by atoms with van der Waals surface area (Å²) < 4.78 is 5.89. The van der Waals surface area contributed by atoms with Gasteiger partial charge in [0.15, 0.2) is 5.75 Å². The largest absolute Gasteiger partial charge is 0.487 e. The topological polar surface area (TPSA) is 52.4 Å². The van der Waals surface area contributed by atoms with E-state index >= 15 is 0 Å². The van der Waals surface area contributed by atoms with Crippen molar-refractivity contribution in [2.45, 2.75) is 13.8 Å². The average Bonchev–Trinajstić information content (AvgIpc) is 2.11. The Kier molecular flexibility index (Phi) is 3.46. The Hall–Kier alpha value is -1.10. The summed E-state index contributed by atoms with van der Waals surface area (Å²) in [5.41, 5.74) is 0.613. The summed E-state index contributed by atoms with van der Waals surface area (Å²) in [6, 6.07) is 3.34. The summed E-state index contributed by atoms with van der Waals surface area (Å²) in [5.74, 6) is 0.318. The Morgan fingerprint density at radius 2 is 2.21 bits per heavy atom. The third kappa shape index (κ3) is 2.04. The van der Waals surface area contributed by atoms with Crippen LogP contribution in [-0.2, 0) is 0 Å². The molecule has 1 aromatic rings. The Balaban J connectivity index is 3.30. The number of nitro benzene ring substituents is 1. The van der Waals surface area contributed by atoms with Crippen LogP contribution < -0.4 is 4.74 Å². The van der Waals surface area contributed by atoms with Crippen LogP contribution in [0, 0.1) is 17.0 Å². The Bertz CT molecular complexity index is 365. The number of hydrogen-bond acceptors (Lipinski definition) is 3. The van der Waals surface area contributed by atoms with Gasteiger partial charge in [0.2, 0.25) is 0 Å². The van der Waals surface area contributed by atoms with Gasteiger partial charge in [-0.15, -0.1) is 0 Å². The molecule has 0 heterocycles. The fourth-order valence-corrected chi connectivity index (χ4v) is 1.47. The minimum atomic E-state index is -0.426. The lowest BCUT2D eigenvalue weighted by atomic mass is 10.2. The van der Waals surface area contributed by atoms with E-state index in [1.807, 2.05) is 0 Å². The van der Waals surface area contributed by atoms with E-state index in [0.29, 0.717) is 22.4 Å². The summed E-state index contributed by atoms with van der Waals surface area (Å²) in [6.07, 6.45) is 0. The Morgan fingerprint density at radius 3 is 2.71 bits per heavy atom. The summed E-state index contributed by atoms with van der Waals surface area (Å²) in [7, 11) is 0. The third-order valence-corrected chi connectivity index (χ3v) is 2.67. The number of ether oxygens (including phenoxy) is 1. The first-order valence-electron chi connectivity index (χ1n) is 4.14. The molecule has 4 nitrogen and oxygen atoms in total. The van der Waals surface area contributed by atoms with Crippen LogP contribution in [0.25, 0.3) is 0 Å². The highest BCUT2D eigenvalue weighted by Gasteiger charge is 2.20. The van der Waals surface area contributed by atoms with E-state index < -0.39 is 4.92 Å². The molecule has 0 aliphatic rings. The van der Waals surface area contributed by atoms with Crippen LogP contribution in [0.5, 0.6) is 5.75 Å². The maximum Gasteiger partial charge on any atom is 0.314 e. The van der Waals surface area contributed by atoms with Crippen LogP contribution in [-0.4, -0.2) is 11.5 Å². The van der Waals surface area contributed by atoms with Crippen molar-refractivity contribution in [3.05, 3.63) is 32.3 Å². The van der Waals surface area contributed by atoms with Gasteiger partial charge in [-0.05, 0) is 26.0 Å². The van der Waals surface area contributed by atoms with Crippen molar-refractivity contribution in [2.24, 2.45) is 0 Å². The second-order valence-corrected chi connectivity index (χ2v) is 3.56. The molecule has 0 radical (unpaired) electrons. The fraction of sp³-hybridized carbons (Fsp3) is 0.333. The Morgan fingerprint density at radius 1 is 1.57 bits per heavy atom. The number of nitro groups is 1. The van der Waals surface area contributed by atoms with Crippen molar-refractivity contribution in [2.75, 3.05) is 6.61 Å². The number of halogens is 1. The molecule has 0 fully saturated rings. The molecule has 0 N–H and O–H groups in total. The molecule has 76 valence electrons. The second kappa shape index (κ2) is 4.41. The monoisotopic (exact) mass is 259 g/mol. The fourth-order valence-electron chi connectivity index (χ4n) is 1.15. The van der Waals surface area contributed by atoms with Crippen LogP contribution in [0.15, 0.2) is 16.6 Å². The molecule has 1 rings (SSSR count). The molecule has 0 saturated carbocycles. The molecule has 0 spiro atoms. The highest BCUT2D eigenvalue weighted by molar-refractivity contribution is 9.10. The zero-order valence-corrected chi connectivity index (χ0v) is 9.50. The van der Waals surface area contributed by atoms with Gasteiger partial charge in [-0.2, -0.15) is 0 Å². The SMILES string of the molecule is CCOc1ccc(Br)c(C)c1[N+](=O)[O-]. The van der Waals surface area contributed by atoms with Crippen molar-refractivity contribution in [1.82, 2.24) is 0 Å². The maximum atomic E-state index is 10.8. The first-order valence-corrected chi connectivity index (χ1v) is 4.93. The molecule has 14 heavy (non-hydrogen) atoms. The second-order valence-electron chi connectivity index (χ2n) is 2.71. The van der Waals surface area contributed by atoms with Gasteiger partial charge in [0.05, 0.1) is 11.5 Å². The van der Waals surface area contributed by atoms with Gasteiger partial charge in [0.1, 0.15) is 0 Å². The maximum absolute atomic E-state index is 10.8. The van der Waals surface area contributed by atoms with E-state index in [0.717, 1.165) is 0 Å². The molecule has 0 saturated heterocycles. The summed E-state index contributed by atoms with van der Waals surface area (Å²) in [6.45, 7) is 3.90. The number of benzene rings is 1. The smallest absolute Gasteiger partial charge is 0.314 e. The molecule has 0 atom stereocenters. The molecule has 0 aliphatic carbocycles. The number of nitrogens with zero attached hydrogens (tertiary/aromatic N) is 1. The van der Waals surface area contributed by atoms with Crippen LogP contribution >= 0.6 is 15.9 Å². The van der Waals surface area contributed by atoms with Gasteiger partial charge in [-0.3, -0.25) is 10.1 Å². The highest BCUT2D eigenvalue weighted by atomic mass is 79.9. The van der Waals surface area contributed by atoms with Crippen LogP contribution in [0.2, 0.25) is 0 Å². The quantitative estimate of drug-likeness (QED) is 0.619. The van der Waals surface area contributed by atoms with Crippen molar-refractivity contribution in [3.8, 4) is 5.75 Å². The summed E-state index contributed by atoms with van der Waals surface area (Å²) in [5, 5.41) is 10.8. The van der Waals surface area contributed by atoms with Gasteiger partial charge >= 0.3 is 5.69 Å². The van der Waals surface area contributed by atoms with Gasteiger partial charge in [-0.1, -0.05) is 15.9 Å². The van der Waals surface area contributed by atoms with Crippen molar-refractivity contribution < 1.29 is 9.66 Å². The van der Waals surface area contributed by atoms with Gasteiger partial charge in [0.25, 0.3) is 0 Å². The van der Waals surface area contributed by atoms with E-state index in [1.165, 1.54) is 0 Å². The van der Waals surface area contributed by atoms with Crippen molar-refractivity contribution in [1.29, 1.82) is 0 Å². The lowest BCUT2D eigenvalue weighted by Gasteiger charge is -2.06. The van der Waals surface area contributed by atoms with E-state index in [-0.39, 0.29) is 5.69 Å². The van der Waals surface area contributed by atoms with E-state index in [4.69, 9.17) is 4.74 Å². The van der Waals surface area contributed by atoms with E-state index in [2.05, 4.69) is 15.9 Å². The normalized spacial score (nSPS) is 9.93. The number of rotatable bonds is 3. The van der Waals surface area contributed by atoms with Crippen molar-refractivity contribution >= 4 is 21.6 Å². The Labute approximate surface area is 90.2 Å². The molecule has 0 amide bonds. The highest BCUT2D eigenvalue weighted by Crippen LogP contribution is 2.34. The predicted molar refractivity (Wildman–Crippen MR) is 56.7 cm³/mol. The minimum Gasteiger partial charge on any atom is -0.487 e. The lowest BCUT2D eigenvalue weighted by molar-refractivity contribution is -0.386. The molecular formula is C9H10BrNO3. The summed E-state index contributed by atoms with van der Waals surface area (Å²) in [4.78, 5) is 10.3. The first kappa shape index (κ1) is 11.0. The third-order valence-electron chi connectivity index (χ3n) is 1.81. The number of hydrogen-bond donors (Lipinski definition) is 0. The molecule has 0 bridgehead atoms. The predicted octanol–water partition coefficient (Wildman–Crippen LogP) is 3.06. The van der Waals surface area contributed by atoms with Crippen LogP contribution in [0.4, 0.5) is 5.69 Å². The van der Waals surface area contributed by atoms with E-state index in [9.17, 15) is 10.1 Å². The zero-order chi connectivity index (χ0) is 10.7. The lowest BCUT2D eigenvalue weighted by Crippen LogP contribution is -1.99. The van der Waals surface area contributed by atoms with Crippen molar-refractivity contribution in [3.63, 3.8) is 0 Å². The average molecular weight is 260 g/mol. The van der Waals surface area contributed by atoms with Crippen LogP contribution in [0.3, 0.4) is 0 Å². The van der Waals surface area contributed by atoms with Gasteiger partial charge in [0, 0.05) is 10.0 Å². The zero-order valence-electron chi connectivity index (χ0n) is 7.91. The molecule has 1 aromatic carbocycles.